The number of nitrogens with zero attached hydrogens (tertiary/aromatic N) is 2. The minimum absolute atomic E-state index is 0.000621. The Kier molecular flexibility index (Phi) is 7.84. The molecular weight excluding hydrogens is 774 g/mol. The topological polar surface area (TPSA) is 19.6 Å². The van der Waals surface area contributed by atoms with E-state index in [1.54, 1.807) is 0 Å². The predicted octanol–water partition coefficient (Wildman–Crippen LogP) is 12.6. The molecule has 0 fully saturated rings. The number of hydrogen-bond acceptors (Lipinski definition) is 3. The zero-order valence-electron chi connectivity index (χ0n) is 39.9. The van der Waals surface area contributed by atoms with Crippen molar-refractivity contribution in [3.05, 3.63) is 143 Å². The van der Waals surface area contributed by atoms with Gasteiger partial charge in [0.05, 0.1) is 11.1 Å². The number of para-hydroxylation sites is 1. The Bertz CT molecular complexity index is 3360. The van der Waals surface area contributed by atoms with Crippen molar-refractivity contribution in [2.75, 3.05) is 9.71 Å². The van der Waals surface area contributed by atoms with Gasteiger partial charge < -0.3 is 14.1 Å². The second-order valence-corrected chi connectivity index (χ2v) is 23.5. The van der Waals surface area contributed by atoms with Gasteiger partial charge in [-0.2, -0.15) is 0 Å². The van der Waals surface area contributed by atoms with Gasteiger partial charge >= 0.3 is 6.85 Å². The third kappa shape index (κ3) is 5.36. The van der Waals surface area contributed by atoms with Crippen LogP contribution in [0.5, 0.6) is 0 Å². The number of furan rings is 1. The van der Waals surface area contributed by atoms with Crippen LogP contribution in [0.4, 0.5) is 28.4 Å². The average molecular weight is 833 g/mol. The van der Waals surface area contributed by atoms with Crippen LogP contribution >= 0.6 is 0 Å². The minimum Gasteiger partial charge on any atom is -0.456 e. The first-order chi connectivity index (χ1) is 30.2. The minimum atomic E-state index is -0.0676. The van der Waals surface area contributed by atoms with Crippen LogP contribution in [-0.4, -0.2) is 13.6 Å². The van der Waals surface area contributed by atoms with Crippen LogP contribution in [-0.2, 0) is 21.7 Å². The molecule has 5 heterocycles. The van der Waals surface area contributed by atoms with Gasteiger partial charge in [0.2, 0.25) is 0 Å². The highest BCUT2D eigenvalue weighted by Crippen LogP contribution is 2.53. The van der Waals surface area contributed by atoms with Crippen LogP contribution in [0.1, 0.15) is 111 Å². The first kappa shape index (κ1) is 39.6. The average Bonchev–Trinajstić information content (AvgIpc) is 3.63. The fraction of sp³-hybridized carbons (Fsp3) is 0.288. The summed E-state index contributed by atoms with van der Waals surface area (Å²) in [6, 6.07) is 45.5. The van der Waals surface area contributed by atoms with Gasteiger partial charge in [-0.3, -0.25) is 0 Å². The maximum Gasteiger partial charge on any atom is 0.329 e. The molecule has 4 aliphatic heterocycles. The largest absolute Gasteiger partial charge is 0.456 e. The van der Waals surface area contributed by atoms with Gasteiger partial charge in [0, 0.05) is 39.3 Å². The standard InChI is InChI=1S/C59H58B2N2O/c1-33-16-14-17-41-51-48(18-15-19-50(51)64-55(33)41)62-47-26-22-36(58(8,9)10)31-45(47)60-46-32-37(59(11,12)13)28-42-39-24-21-35(57(5,6)7)30-44(39)61-43-29-34(56(2,3)4)20-23-38(43)40-25-27-49(62)52(60)54(40)63(61)53(42)46/h14-32H,1-13H3. The monoisotopic (exact) mass is 832 g/mol. The molecule has 8 aromatic rings. The smallest absolute Gasteiger partial charge is 0.329 e. The first-order valence-corrected chi connectivity index (χ1v) is 23.5. The summed E-state index contributed by atoms with van der Waals surface area (Å²) in [5, 5.41) is 2.31. The van der Waals surface area contributed by atoms with Crippen molar-refractivity contribution < 1.29 is 4.42 Å². The second-order valence-electron chi connectivity index (χ2n) is 23.5. The van der Waals surface area contributed by atoms with Gasteiger partial charge in [-0.05, 0) is 125 Å². The molecule has 7 aromatic carbocycles. The quantitative estimate of drug-likeness (QED) is 0.154. The number of benzene rings is 7. The Hall–Kier alpha value is -5.93. The molecule has 1 aromatic heterocycles. The Balaban J connectivity index is 1.27. The van der Waals surface area contributed by atoms with Crippen LogP contribution < -0.4 is 37.0 Å². The lowest BCUT2D eigenvalue weighted by Crippen LogP contribution is -2.69. The van der Waals surface area contributed by atoms with E-state index in [-0.39, 0.29) is 35.2 Å². The van der Waals surface area contributed by atoms with Gasteiger partial charge in [-0.15, -0.1) is 0 Å². The number of rotatable bonds is 1. The van der Waals surface area contributed by atoms with Gasteiger partial charge in [0.1, 0.15) is 11.2 Å². The molecule has 0 radical (unpaired) electrons. The molecule has 0 bridgehead atoms. The third-order valence-corrected chi connectivity index (χ3v) is 15.2. The lowest BCUT2D eigenvalue weighted by molar-refractivity contribution is 0.590. The van der Waals surface area contributed by atoms with Crippen LogP contribution in [0, 0.1) is 6.92 Å². The molecule has 0 amide bonds. The normalized spacial score (nSPS) is 14.8. The molecule has 0 saturated carbocycles. The zero-order valence-corrected chi connectivity index (χ0v) is 39.9. The molecule has 0 aliphatic carbocycles. The van der Waals surface area contributed by atoms with E-state index in [0.717, 1.165) is 33.2 Å². The molecule has 0 unspecified atom stereocenters. The number of hydrogen-bond donors (Lipinski definition) is 0. The molecule has 0 saturated heterocycles. The van der Waals surface area contributed by atoms with Crippen LogP contribution in [0.15, 0.2) is 120 Å². The molecule has 64 heavy (non-hydrogen) atoms. The molecule has 4 aliphatic rings. The van der Waals surface area contributed by atoms with Crippen molar-refractivity contribution in [1.82, 2.24) is 0 Å². The number of anilines is 5. The van der Waals surface area contributed by atoms with Crippen LogP contribution in [0.25, 0.3) is 44.2 Å². The van der Waals surface area contributed by atoms with Crippen molar-refractivity contribution >= 4 is 91.2 Å². The molecule has 316 valence electrons. The molecule has 5 heteroatoms. The van der Waals surface area contributed by atoms with Crippen LogP contribution in [0.2, 0.25) is 0 Å². The SMILES string of the molecule is Cc1cccc2c1oc1cccc(N3c4ccc(C(C)(C)C)cc4B4c5cc(C(C)(C)C)cc6c5N5B(c7cc(C(C)(C)C)ccc7-6)c6cc(C(C)(C)C)ccc6-c6ccc3c4c65)c12. The molecule has 0 N–H and O–H groups in total. The number of aryl methyl sites for hydroxylation is 1. The summed E-state index contributed by atoms with van der Waals surface area (Å²) in [5.74, 6) is 0. The van der Waals surface area contributed by atoms with Crippen molar-refractivity contribution in [3.8, 4) is 22.3 Å². The maximum absolute atomic E-state index is 6.73. The van der Waals surface area contributed by atoms with Crippen molar-refractivity contribution in [1.29, 1.82) is 0 Å². The van der Waals surface area contributed by atoms with Gasteiger partial charge in [-0.25, -0.2) is 0 Å². The highest BCUT2D eigenvalue weighted by atomic mass is 16.3. The van der Waals surface area contributed by atoms with Crippen molar-refractivity contribution in [2.45, 2.75) is 112 Å². The molecular formula is C59H58B2N2O. The van der Waals surface area contributed by atoms with E-state index in [1.807, 2.05) is 0 Å². The lowest BCUT2D eigenvalue weighted by atomic mass is 9.30. The highest BCUT2D eigenvalue weighted by molar-refractivity contribution is 7.03. The van der Waals surface area contributed by atoms with E-state index in [2.05, 4.69) is 215 Å². The van der Waals surface area contributed by atoms with Gasteiger partial charge in [0.15, 0.2) is 0 Å². The summed E-state index contributed by atoms with van der Waals surface area (Å²) in [6.45, 7) is 30.5. The Morgan fingerprint density at radius 1 is 0.453 bits per heavy atom. The van der Waals surface area contributed by atoms with Crippen molar-refractivity contribution in [2.24, 2.45) is 0 Å². The molecule has 3 nitrogen and oxygen atoms in total. The summed E-state index contributed by atoms with van der Waals surface area (Å²) < 4.78 is 6.73. The Morgan fingerprint density at radius 2 is 1.00 bits per heavy atom. The van der Waals surface area contributed by atoms with Crippen molar-refractivity contribution in [3.63, 3.8) is 0 Å². The molecule has 0 spiro atoms. The summed E-state index contributed by atoms with van der Waals surface area (Å²) in [5.41, 5.74) is 27.1. The first-order valence-electron chi connectivity index (χ1n) is 23.5. The molecule has 0 atom stereocenters. The second kappa shape index (κ2) is 12.7. The summed E-state index contributed by atoms with van der Waals surface area (Å²) in [4.78, 5) is 5.41. The van der Waals surface area contributed by atoms with E-state index in [1.165, 1.54) is 94.6 Å². The summed E-state index contributed by atoms with van der Waals surface area (Å²) in [7, 11) is 0. The summed E-state index contributed by atoms with van der Waals surface area (Å²) >= 11 is 0. The summed E-state index contributed by atoms with van der Waals surface area (Å²) in [6.07, 6.45) is 0. The van der Waals surface area contributed by atoms with Gasteiger partial charge in [-0.1, -0.05) is 168 Å². The fourth-order valence-electron chi connectivity index (χ4n) is 11.6. The van der Waals surface area contributed by atoms with Crippen LogP contribution in [0.3, 0.4) is 0 Å². The van der Waals surface area contributed by atoms with E-state index in [4.69, 9.17) is 4.42 Å². The Labute approximate surface area is 380 Å². The third-order valence-electron chi connectivity index (χ3n) is 15.2. The zero-order chi connectivity index (χ0) is 44.7. The van der Waals surface area contributed by atoms with E-state index in [9.17, 15) is 0 Å². The molecule has 12 rings (SSSR count). The predicted molar refractivity (Wildman–Crippen MR) is 277 cm³/mol. The van der Waals surface area contributed by atoms with E-state index < -0.39 is 0 Å². The van der Waals surface area contributed by atoms with E-state index in [0.29, 0.717) is 0 Å². The van der Waals surface area contributed by atoms with E-state index >= 15 is 0 Å². The van der Waals surface area contributed by atoms with Gasteiger partial charge in [0.25, 0.3) is 6.71 Å². The number of fused-ring (bicyclic) bond motifs is 12. The maximum atomic E-state index is 6.73. The lowest BCUT2D eigenvalue weighted by Gasteiger charge is -2.52. The Morgan fingerprint density at radius 3 is 1.64 bits per heavy atom. The highest BCUT2D eigenvalue weighted by Gasteiger charge is 2.53. The fourth-order valence-corrected chi connectivity index (χ4v) is 11.6.